The summed E-state index contributed by atoms with van der Waals surface area (Å²) in [5.41, 5.74) is -0.925. The van der Waals surface area contributed by atoms with Crippen molar-refractivity contribution in [1.82, 2.24) is 9.97 Å². The fourth-order valence-electron chi connectivity index (χ4n) is 1.99. The molecule has 3 rings (SSSR count). The Bertz CT molecular complexity index is 991. The van der Waals surface area contributed by atoms with Gasteiger partial charge in [-0.3, -0.25) is 9.78 Å². The van der Waals surface area contributed by atoms with Gasteiger partial charge in [0, 0.05) is 0 Å². The van der Waals surface area contributed by atoms with Crippen LogP contribution < -0.4 is 10.9 Å². The number of rotatable bonds is 2. The lowest BCUT2D eigenvalue weighted by Gasteiger charge is -2.09. The molecule has 0 saturated heterocycles. The van der Waals surface area contributed by atoms with Crippen LogP contribution in [0.15, 0.2) is 29.1 Å². The Labute approximate surface area is 136 Å². The molecule has 118 valence electrons. The summed E-state index contributed by atoms with van der Waals surface area (Å²) in [5.74, 6) is -4.61. The number of halogens is 5. The van der Waals surface area contributed by atoms with Gasteiger partial charge in [-0.2, -0.15) is 0 Å². The van der Waals surface area contributed by atoms with E-state index in [9.17, 15) is 18.0 Å². The summed E-state index contributed by atoms with van der Waals surface area (Å²) in [6, 6.07) is 4.59. The first-order chi connectivity index (χ1) is 10.9. The molecule has 2 N–H and O–H groups in total. The van der Waals surface area contributed by atoms with E-state index in [0.29, 0.717) is 0 Å². The van der Waals surface area contributed by atoms with Crippen molar-refractivity contribution in [1.29, 1.82) is 0 Å². The number of benzene rings is 2. The molecule has 0 radical (unpaired) electrons. The summed E-state index contributed by atoms with van der Waals surface area (Å²) in [6.45, 7) is 0. The molecule has 0 saturated carbocycles. The maximum absolute atomic E-state index is 13.7. The van der Waals surface area contributed by atoms with Crippen molar-refractivity contribution in [2.45, 2.75) is 0 Å². The predicted octanol–water partition coefficient (Wildman–Crippen LogP) is 4.39. The van der Waals surface area contributed by atoms with Crippen molar-refractivity contribution in [3.63, 3.8) is 0 Å². The van der Waals surface area contributed by atoms with Crippen molar-refractivity contribution >= 4 is 45.7 Å². The number of hydrogen-bond acceptors (Lipinski definition) is 3. The second kappa shape index (κ2) is 5.75. The minimum absolute atomic E-state index is 0.0653. The molecule has 0 bridgehead atoms. The van der Waals surface area contributed by atoms with E-state index in [4.69, 9.17) is 23.2 Å². The fourth-order valence-corrected chi connectivity index (χ4v) is 2.42. The topological polar surface area (TPSA) is 57.8 Å². The van der Waals surface area contributed by atoms with E-state index in [0.717, 1.165) is 12.1 Å². The van der Waals surface area contributed by atoms with Crippen LogP contribution in [0.25, 0.3) is 10.9 Å². The summed E-state index contributed by atoms with van der Waals surface area (Å²) >= 11 is 11.9. The number of fused-ring (bicyclic) bond motifs is 1. The lowest BCUT2D eigenvalue weighted by molar-refractivity contribution is 0.449. The van der Waals surface area contributed by atoms with Crippen LogP contribution in [0.3, 0.4) is 0 Å². The molecule has 23 heavy (non-hydrogen) atoms. The molecule has 0 aliphatic rings. The zero-order valence-corrected chi connectivity index (χ0v) is 12.6. The Balaban J connectivity index is 2.14. The summed E-state index contributed by atoms with van der Waals surface area (Å²) in [4.78, 5) is 18.4. The van der Waals surface area contributed by atoms with E-state index >= 15 is 0 Å². The quantitative estimate of drug-likeness (QED) is 0.667. The van der Waals surface area contributed by atoms with Crippen LogP contribution in [-0.2, 0) is 0 Å². The average Bonchev–Trinajstić information content (AvgIpc) is 2.51. The first-order valence-electron chi connectivity index (χ1n) is 6.17. The Morgan fingerprint density at radius 2 is 1.70 bits per heavy atom. The molecule has 0 aliphatic carbocycles. The predicted molar refractivity (Wildman–Crippen MR) is 82.0 cm³/mol. The van der Waals surface area contributed by atoms with E-state index in [1.807, 2.05) is 0 Å². The highest BCUT2D eigenvalue weighted by molar-refractivity contribution is 6.39. The molecule has 1 aromatic heterocycles. The van der Waals surface area contributed by atoms with Crippen molar-refractivity contribution in [2.24, 2.45) is 0 Å². The highest BCUT2D eigenvalue weighted by Crippen LogP contribution is 2.27. The van der Waals surface area contributed by atoms with Crippen LogP contribution in [0.4, 0.5) is 24.8 Å². The Hall–Kier alpha value is -2.25. The highest BCUT2D eigenvalue weighted by atomic mass is 35.5. The molecule has 3 aromatic rings. The van der Waals surface area contributed by atoms with Crippen LogP contribution in [0, 0.1) is 17.5 Å². The summed E-state index contributed by atoms with van der Waals surface area (Å²) in [6.07, 6.45) is 0. The molecule has 2 aromatic carbocycles. The van der Waals surface area contributed by atoms with E-state index < -0.39 is 28.7 Å². The largest absolute Gasteiger partial charge is 0.323 e. The van der Waals surface area contributed by atoms with E-state index in [1.54, 1.807) is 0 Å². The fraction of sp³-hybridized carbons (Fsp3) is 0. The number of H-pyrrole nitrogens is 1. The van der Waals surface area contributed by atoms with Gasteiger partial charge in [0.15, 0.2) is 17.5 Å². The van der Waals surface area contributed by atoms with Gasteiger partial charge in [-0.05, 0) is 24.3 Å². The second-order valence-electron chi connectivity index (χ2n) is 4.52. The number of nitrogens with zero attached hydrogens (tertiary/aromatic N) is 1. The van der Waals surface area contributed by atoms with Crippen molar-refractivity contribution < 1.29 is 13.2 Å². The van der Waals surface area contributed by atoms with Crippen molar-refractivity contribution in [2.75, 3.05) is 5.32 Å². The van der Waals surface area contributed by atoms with E-state index in [-0.39, 0.29) is 26.9 Å². The maximum Gasteiger partial charge on any atom is 0.261 e. The van der Waals surface area contributed by atoms with Gasteiger partial charge < -0.3 is 5.32 Å². The minimum atomic E-state index is -1.64. The summed E-state index contributed by atoms with van der Waals surface area (Å²) in [5, 5.41) is 2.73. The van der Waals surface area contributed by atoms with Crippen LogP contribution in [0.2, 0.25) is 10.0 Å². The molecule has 4 nitrogen and oxygen atoms in total. The smallest absolute Gasteiger partial charge is 0.261 e. The lowest BCUT2D eigenvalue weighted by Crippen LogP contribution is -2.12. The van der Waals surface area contributed by atoms with E-state index in [1.165, 1.54) is 12.1 Å². The van der Waals surface area contributed by atoms with Crippen LogP contribution >= 0.6 is 23.2 Å². The number of hydrogen-bond donors (Lipinski definition) is 2. The minimum Gasteiger partial charge on any atom is -0.323 e. The zero-order valence-electron chi connectivity index (χ0n) is 11.1. The van der Waals surface area contributed by atoms with Gasteiger partial charge in [0.25, 0.3) is 5.56 Å². The summed E-state index contributed by atoms with van der Waals surface area (Å²) in [7, 11) is 0. The SMILES string of the molecule is O=c1[nH]c(Nc2ccc(F)c(F)c2F)nc2c(Cl)ccc(Cl)c12. The van der Waals surface area contributed by atoms with Gasteiger partial charge in [0.1, 0.15) is 0 Å². The third-order valence-electron chi connectivity index (χ3n) is 3.05. The Kier molecular flexibility index (Phi) is 3.91. The molecule has 0 spiro atoms. The molecular weight excluding hydrogens is 354 g/mol. The molecular formula is C14H6Cl2F3N3O. The molecule has 0 fully saturated rings. The molecule has 1 heterocycles. The monoisotopic (exact) mass is 359 g/mol. The zero-order chi connectivity index (χ0) is 16.7. The number of nitrogens with one attached hydrogen (secondary N) is 2. The highest BCUT2D eigenvalue weighted by Gasteiger charge is 2.16. The normalized spacial score (nSPS) is 11.0. The molecule has 9 heteroatoms. The standard InChI is InChI=1S/C14H6Cl2F3N3O/c15-5-1-2-6(16)12-9(5)13(23)22-14(21-12)20-8-4-3-7(17)10(18)11(8)19/h1-4H,(H2,20,21,22,23). The van der Waals surface area contributed by atoms with Gasteiger partial charge in [-0.15, -0.1) is 0 Å². The van der Waals surface area contributed by atoms with Crippen molar-refractivity contribution in [3.8, 4) is 0 Å². The molecule has 0 unspecified atom stereocenters. The van der Waals surface area contributed by atoms with Crippen LogP contribution in [-0.4, -0.2) is 9.97 Å². The van der Waals surface area contributed by atoms with Crippen molar-refractivity contribution in [3.05, 3.63) is 62.1 Å². The van der Waals surface area contributed by atoms with Gasteiger partial charge in [0.2, 0.25) is 5.95 Å². The molecule has 0 amide bonds. The van der Waals surface area contributed by atoms with Gasteiger partial charge in [-0.1, -0.05) is 23.2 Å². The number of aromatic amines is 1. The molecule has 0 atom stereocenters. The first kappa shape index (κ1) is 15.6. The maximum atomic E-state index is 13.7. The lowest BCUT2D eigenvalue weighted by atomic mass is 10.2. The van der Waals surface area contributed by atoms with Gasteiger partial charge in [-0.25, -0.2) is 18.2 Å². The Morgan fingerprint density at radius 1 is 1.00 bits per heavy atom. The second-order valence-corrected chi connectivity index (χ2v) is 5.33. The van der Waals surface area contributed by atoms with Crippen LogP contribution in [0.1, 0.15) is 0 Å². The third kappa shape index (κ3) is 2.73. The first-order valence-corrected chi connectivity index (χ1v) is 6.92. The van der Waals surface area contributed by atoms with Crippen LogP contribution in [0.5, 0.6) is 0 Å². The summed E-state index contributed by atoms with van der Waals surface area (Å²) < 4.78 is 39.8. The molecule has 0 aliphatic heterocycles. The van der Waals surface area contributed by atoms with Gasteiger partial charge >= 0.3 is 0 Å². The van der Waals surface area contributed by atoms with Gasteiger partial charge in [0.05, 0.1) is 26.6 Å². The third-order valence-corrected chi connectivity index (χ3v) is 3.67. The van der Waals surface area contributed by atoms with E-state index in [2.05, 4.69) is 15.3 Å². The number of anilines is 2. The Morgan fingerprint density at radius 3 is 2.43 bits per heavy atom. The number of aromatic nitrogens is 2. The average molecular weight is 360 g/mol.